The molecule has 1 aromatic carbocycles. The van der Waals surface area contributed by atoms with Crippen LogP contribution in [0.1, 0.15) is 52.6 Å². The smallest absolute Gasteiger partial charge is 0.410 e. The van der Waals surface area contributed by atoms with Gasteiger partial charge in [-0.05, 0) is 40.2 Å². The molecule has 2 N–H and O–H groups in total. The minimum absolute atomic E-state index is 0.0635. The molecule has 0 aliphatic carbocycles. The van der Waals surface area contributed by atoms with E-state index in [1.54, 1.807) is 11.0 Å². The molecule has 0 heterocycles. The summed E-state index contributed by atoms with van der Waals surface area (Å²) in [5.41, 5.74) is 0.398. The van der Waals surface area contributed by atoms with E-state index in [1.807, 2.05) is 45.9 Å². The summed E-state index contributed by atoms with van der Waals surface area (Å²) in [6, 6.07) is 7.40. The number of aromatic hydroxyl groups is 1. The van der Waals surface area contributed by atoms with Crippen LogP contribution < -0.4 is 5.32 Å². The number of carbonyl (C=O) groups excluding carboxylic acids is 1. The van der Waals surface area contributed by atoms with Crippen molar-refractivity contribution < 1.29 is 14.6 Å². The number of amides is 1. The molecule has 1 rings (SSSR count). The highest BCUT2D eigenvalue weighted by Gasteiger charge is 2.21. The van der Waals surface area contributed by atoms with Gasteiger partial charge in [0.1, 0.15) is 11.4 Å². The third kappa shape index (κ3) is 6.48. The molecular weight excluding hydrogens is 292 g/mol. The van der Waals surface area contributed by atoms with Crippen LogP contribution in [-0.4, -0.2) is 41.3 Å². The molecule has 130 valence electrons. The number of hydrogen-bond acceptors (Lipinski definition) is 4. The first-order chi connectivity index (χ1) is 10.8. The minimum Gasteiger partial charge on any atom is -0.508 e. The van der Waals surface area contributed by atoms with Gasteiger partial charge < -0.3 is 20.1 Å². The maximum absolute atomic E-state index is 12.1. The van der Waals surface area contributed by atoms with Crippen molar-refractivity contribution in [1.82, 2.24) is 10.2 Å². The molecule has 0 saturated heterocycles. The lowest BCUT2D eigenvalue weighted by atomic mass is 10.0. The maximum atomic E-state index is 12.1. The first-order valence-corrected chi connectivity index (χ1v) is 8.27. The van der Waals surface area contributed by atoms with E-state index >= 15 is 0 Å². The van der Waals surface area contributed by atoms with Crippen molar-refractivity contribution in [2.24, 2.45) is 0 Å². The summed E-state index contributed by atoms with van der Waals surface area (Å²) >= 11 is 0. The number of para-hydroxylation sites is 1. The van der Waals surface area contributed by atoms with Crippen molar-refractivity contribution >= 4 is 6.09 Å². The van der Waals surface area contributed by atoms with Gasteiger partial charge in [-0.15, -0.1) is 0 Å². The van der Waals surface area contributed by atoms with Crippen LogP contribution in [0.15, 0.2) is 24.3 Å². The molecule has 5 nitrogen and oxygen atoms in total. The Morgan fingerprint density at radius 3 is 2.48 bits per heavy atom. The molecule has 5 heteroatoms. The van der Waals surface area contributed by atoms with Crippen LogP contribution in [-0.2, 0) is 4.74 Å². The number of nitrogens with one attached hydrogen (secondary N) is 1. The molecule has 1 aromatic rings. The van der Waals surface area contributed by atoms with Gasteiger partial charge in [-0.1, -0.05) is 25.1 Å². The van der Waals surface area contributed by atoms with E-state index < -0.39 is 5.60 Å². The molecule has 1 atom stereocenters. The van der Waals surface area contributed by atoms with E-state index in [-0.39, 0.29) is 12.1 Å². The van der Waals surface area contributed by atoms with Crippen molar-refractivity contribution in [3.8, 4) is 5.75 Å². The van der Waals surface area contributed by atoms with E-state index in [2.05, 4.69) is 12.2 Å². The Morgan fingerprint density at radius 1 is 1.30 bits per heavy atom. The second-order valence-electron chi connectivity index (χ2n) is 6.53. The molecule has 0 bridgehead atoms. The SMILES string of the molecule is CCC(NCCN(CC)C(=O)OC(C)(C)C)c1ccccc1O. The minimum atomic E-state index is -0.486. The van der Waals surface area contributed by atoms with Crippen molar-refractivity contribution in [1.29, 1.82) is 0 Å². The Balaban J connectivity index is 2.56. The number of likely N-dealkylation sites (N-methyl/N-ethyl adjacent to an activating group) is 1. The molecule has 0 aliphatic heterocycles. The van der Waals surface area contributed by atoms with Gasteiger partial charge in [0, 0.05) is 31.2 Å². The van der Waals surface area contributed by atoms with Crippen molar-refractivity contribution in [3.63, 3.8) is 0 Å². The zero-order valence-electron chi connectivity index (χ0n) is 14.9. The fourth-order valence-electron chi connectivity index (χ4n) is 2.34. The van der Waals surface area contributed by atoms with Gasteiger partial charge in [0.05, 0.1) is 0 Å². The van der Waals surface area contributed by atoms with Gasteiger partial charge in [0.15, 0.2) is 0 Å². The summed E-state index contributed by atoms with van der Waals surface area (Å²) < 4.78 is 5.40. The van der Waals surface area contributed by atoms with Crippen LogP contribution in [0, 0.1) is 0 Å². The summed E-state index contributed by atoms with van der Waals surface area (Å²) in [4.78, 5) is 13.8. The van der Waals surface area contributed by atoms with Gasteiger partial charge in [-0.25, -0.2) is 4.79 Å². The Labute approximate surface area is 139 Å². The second-order valence-corrected chi connectivity index (χ2v) is 6.53. The topological polar surface area (TPSA) is 61.8 Å². The molecular formula is C18H30N2O3. The highest BCUT2D eigenvalue weighted by molar-refractivity contribution is 5.68. The lowest BCUT2D eigenvalue weighted by Gasteiger charge is -2.27. The highest BCUT2D eigenvalue weighted by Crippen LogP contribution is 2.25. The average molecular weight is 322 g/mol. The number of phenolic OH excluding ortho intramolecular Hbond substituents is 1. The number of phenols is 1. The zero-order chi connectivity index (χ0) is 17.5. The van der Waals surface area contributed by atoms with E-state index in [0.717, 1.165) is 12.0 Å². The van der Waals surface area contributed by atoms with Crippen LogP contribution in [0.3, 0.4) is 0 Å². The van der Waals surface area contributed by atoms with E-state index in [9.17, 15) is 9.90 Å². The lowest BCUT2D eigenvalue weighted by Crippen LogP contribution is -2.40. The van der Waals surface area contributed by atoms with Gasteiger partial charge in [-0.3, -0.25) is 0 Å². The van der Waals surface area contributed by atoms with Crippen molar-refractivity contribution in [3.05, 3.63) is 29.8 Å². The lowest BCUT2D eigenvalue weighted by molar-refractivity contribution is 0.0261. The number of carbonyl (C=O) groups is 1. The quantitative estimate of drug-likeness (QED) is 0.803. The number of rotatable bonds is 7. The number of hydrogen-bond donors (Lipinski definition) is 2. The summed E-state index contributed by atoms with van der Waals surface area (Å²) in [7, 11) is 0. The monoisotopic (exact) mass is 322 g/mol. The molecule has 0 aromatic heterocycles. The molecule has 23 heavy (non-hydrogen) atoms. The number of nitrogens with zero attached hydrogens (tertiary/aromatic N) is 1. The van der Waals surface area contributed by atoms with E-state index in [1.165, 1.54) is 0 Å². The summed E-state index contributed by atoms with van der Waals surface area (Å²) in [6.45, 7) is 11.4. The molecule has 0 fully saturated rings. The summed E-state index contributed by atoms with van der Waals surface area (Å²) in [5, 5.41) is 13.4. The average Bonchev–Trinajstić information content (AvgIpc) is 2.47. The summed E-state index contributed by atoms with van der Waals surface area (Å²) in [5.74, 6) is 0.298. The maximum Gasteiger partial charge on any atom is 0.410 e. The predicted molar refractivity (Wildman–Crippen MR) is 92.6 cm³/mol. The second kappa shape index (κ2) is 8.77. The van der Waals surface area contributed by atoms with Gasteiger partial charge in [0.25, 0.3) is 0 Å². The Hall–Kier alpha value is -1.75. The standard InChI is InChI=1S/C18H30N2O3/c1-6-15(14-10-8-9-11-16(14)21)19-12-13-20(7-2)17(22)23-18(3,4)5/h8-11,15,19,21H,6-7,12-13H2,1-5H3. The summed E-state index contributed by atoms with van der Waals surface area (Å²) in [6.07, 6.45) is 0.563. The van der Waals surface area contributed by atoms with Crippen LogP contribution >= 0.6 is 0 Å². The fraction of sp³-hybridized carbons (Fsp3) is 0.611. The fourth-order valence-corrected chi connectivity index (χ4v) is 2.34. The molecule has 0 spiro atoms. The van der Waals surface area contributed by atoms with Crippen molar-refractivity contribution in [2.45, 2.75) is 52.7 Å². The third-order valence-corrected chi connectivity index (χ3v) is 3.53. The van der Waals surface area contributed by atoms with E-state index in [4.69, 9.17) is 4.74 Å². The van der Waals surface area contributed by atoms with Crippen LogP contribution in [0.2, 0.25) is 0 Å². The van der Waals surface area contributed by atoms with Crippen LogP contribution in [0.25, 0.3) is 0 Å². The first kappa shape index (κ1) is 19.3. The number of ether oxygens (including phenoxy) is 1. The Bertz CT molecular complexity index is 497. The third-order valence-electron chi connectivity index (χ3n) is 3.53. The molecule has 0 aliphatic rings. The molecule has 1 unspecified atom stereocenters. The van der Waals surface area contributed by atoms with Gasteiger partial charge in [-0.2, -0.15) is 0 Å². The van der Waals surface area contributed by atoms with Gasteiger partial charge in [0.2, 0.25) is 0 Å². The highest BCUT2D eigenvalue weighted by atomic mass is 16.6. The predicted octanol–water partition coefficient (Wildman–Crippen LogP) is 3.69. The Kier molecular flexibility index (Phi) is 7.36. The van der Waals surface area contributed by atoms with Gasteiger partial charge >= 0.3 is 6.09 Å². The molecule has 0 radical (unpaired) electrons. The largest absolute Gasteiger partial charge is 0.508 e. The zero-order valence-corrected chi connectivity index (χ0v) is 14.9. The Morgan fingerprint density at radius 2 is 1.96 bits per heavy atom. The molecule has 1 amide bonds. The normalized spacial score (nSPS) is 12.7. The van der Waals surface area contributed by atoms with E-state index in [0.29, 0.717) is 25.4 Å². The number of benzene rings is 1. The van der Waals surface area contributed by atoms with Crippen LogP contribution in [0.4, 0.5) is 4.79 Å². The first-order valence-electron chi connectivity index (χ1n) is 8.27. The van der Waals surface area contributed by atoms with Crippen molar-refractivity contribution in [2.75, 3.05) is 19.6 Å². The van der Waals surface area contributed by atoms with Crippen LogP contribution in [0.5, 0.6) is 5.75 Å². The molecule has 0 saturated carbocycles.